The Bertz CT molecular complexity index is 453. The fourth-order valence-electron chi connectivity index (χ4n) is 5.94. The molecule has 3 rings (SSSR count). The Morgan fingerprint density at radius 3 is 2.43 bits per heavy atom. The zero-order valence-corrected chi connectivity index (χ0v) is 15.9. The minimum Gasteiger partial charge on any atom is -0.298 e. The Labute approximate surface area is 142 Å². The lowest BCUT2D eigenvalue weighted by atomic mass is 9.70. The first-order valence-corrected chi connectivity index (χ1v) is 9.84. The van der Waals surface area contributed by atoms with E-state index in [0.717, 1.165) is 5.92 Å². The van der Waals surface area contributed by atoms with Crippen molar-refractivity contribution in [1.82, 2.24) is 10.2 Å². The molecular weight excluding hydrogens is 284 g/mol. The van der Waals surface area contributed by atoms with E-state index in [4.69, 9.17) is 0 Å². The molecule has 6 unspecified atom stereocenters. The van der Waals surface area contributed by atoms with E-state index in [9.17, 15) is 4.79 Å². The van der Waals surface area contributed by atoms with Gasteiger partial charge in [-0.15, -0.1) is 0 Å². The lowest BCUT2D eigenvalue weighted by Crippen LogP contribution is -2.57. The highest BCUT2D eigenvalue weighted by atomic mass is 16.1. The number of hydrogen-bond acceptors (Lipinski definition) is 3. The van der Waals surface area contributed by atoms with Crippen molar-refractivity contribution in [3.05, 3.63) is 0 Å². The molecule has 3 aliphatic rings. The molecule has 1 aliphatic carbocycles. The van der Waals surface area contributed by atoms with Crippen molar-refractivity contribution in [2.75, 3.05) is 0 Å². The fraction of sp³-hybridized carbons (Fsp3) is 0.950. The summed E-state index contributed by atoms with van der Waals surface area (Å²) in [6, 6.07) is 0.785. The number of ketones is 1. The van der Waals surface area contributed by atoms with Gasteiger partial charge in [-0.05, 0) is 57.3 Å². The second kappa shape index (κ2) is 6.15. The average molecular weight is 321 g/mol. The molecule has 3 nitrogen and oxygen atoms in total. The van der Waals surface area contributed by atoms with Gasteiger partial charge in [-0.25, -0.2) is 0 Å². The monoisotopic (exact) mass is 320 g/mol. The molecule has 2 heterocycles. The molecule has 23 heavy (non-hydrogen) atoms. The summed E-state index contributed by atoms with van der Waals surface area (Å²) in [5.74, 6) is 2.95. The first kappa shape index (κ1) is 17.4. The zero-order valence-electron chi connectivity index (χ0n) is 15.9. The van der Waals surface area contributed by atoms with Gasteiger partial charge in [-0.2, -0.15) is 0 Å². The van der Waals surface area contributed by atoms with Gasteiger partial charge in [0.05, 0.1) is 12.2 Å². The molecule has 0 radical (unpaired) electrons. The molecular formula is C20H36N2O. The summed E-state index contributed by atoms with van der Waals surface area (Å²) in [6.07, 6.45) is 6.48. The van der Waals surface area contributed by atoms with Crippen molar-refractivity contribution in [3.63, 3.8) is 0 Å². The van der Waals surface area contributed by atoms with E-state index in [2.05, 4.69) is 44.8 Å². The second-order valence-electron chi connectivity index (χ2n) is 9.41. The van der Waals surface area contributed by atoms with Crippen LogP contribution in [0.3, 0.4) is 0 Å². The van der Waals surface area contributed by atoms with E-state index in [1.807, 2.05) is 6.92 Å². The molecule has 3 heteroatoms. The van der Waals surface area contributed by atoms with Crippen LogP contribution in [0.25, 0.3) is 0 Å². The summed E-state index contributed by atoms with van der Waals surface area (Å²) in [7, 11) is 0. The first-order valence-electron chi connectivity index (χ1n) is 9.84. The lowest BCUT2D eigenvalue weighted by molar-refractivity contribution is -0.127. The van der Waals surface area contributed by atoms with E-state index < -0.39 is 0 Å². The maximum Gasteiger partial charge on any atom is 0.150 e. The molecule has 0 spiro atoms. The molecule has 1 saturated carbocycles. The van der Waals surface area contributed by atoms with Gasteiger partial charge in [0, 0.05) is 18.0 Å². The lowest BCUT2D eigenvalue weighted by Gasteiger charge is -2.42. The summed E-state index contributed by atoms with van der Waals surface area (Å²) >= 11 is 0. The number of likely N-dealkylation sites (tertiary alicyclic amines) is 1. The third-order valence-electron chi connectivity index (χ3n) is 6.69. The largest absolute Gasteiger partial charge is 0.298 e. The molecule has 0 amide bonds. The van der Waals surface area contributed by atoms with Crippen LogP contribution in [0, 0.1) is 23.7 Å². The summed E-state index contributed by atoms with van der Waals surface area (Å²) < 4.78 is 0. The second-order valence-corrected chi connectivity index (χ2v) is 9.41. The van der Waals surface area contributed by atoms with Gasteiger partial charge in [0.2, 0.25) is 0 Å². The van der Waals surface area contributed by atoms with E-state index in [-0.39, 0.29) is 11.6 Å². The topological polar surface area (TPSA) is 32.3 Å². The summed E-state index contributed by atoms with van der Waals surface area (Å²) in [6.45, 7) is 13.6. The Morgan fingerprint density at radius 2 is 1.87 bits per heavy atom. The van der Waals surface area contributed by atoms with Crippen LogP contribution in [-0.4, -0.2) is 34.5 Å². The van der Waals surface area contributed by atoms with E-state index in [0.29, 0.717) is 42.2 Å². The number of Topliss-reactive ketones (excluding diaryl/α,β-unsaturated/α-hetero) is 1. The third kappa shape index (κ3) is 2.78. The fourth-order valence-corrected chi connectivity index (χ4v) is 5.94. The number of rotatable bonds is 3. The van der Waals surface area contributed by atoms with Gasteiger partial charge in [-0.3, -0.25) is 15.0 Å². The highest BCUT2D eigenvalue weighted by Crippen LogP contribution is 2.53. The number of fused-ring (bicyclic) bond motifs is 3. The van der Waals surface area contributed by atoms with Crippen LogP contribution in [0.5, 0.6) is 0 Å². The SMILES string of the molecule is CCC(=O)C1C(C(C)C)C2C3CCCCC3NC2N1C(C)(C)C. The average Bonchev–Trinajstić information content (AvgIpc) is 2.98. The van der Waals surface area contributed by atoms with Gasteiger partial charge in [-0.1, -0.05) is 33.6 Å². The maximum atomic E-state index is 12.9. The van der Waals surface area contributed by atoms with Crippen molar-refractivity contribution < 1.29 is 4.79 Å². The Hall–Kier alpha value is -0.410. The number of hydrogen-bond donors (Lipinski definition) is 1. The molecule has 3 fully saturated rings. The van der Waals surface area contributed by atoms with Crippen LogP contribution in [0.4, 0.5) is 0 Å². The molecule has 2 aliphatic heterocycles. The van der Waals surface area contributed by atoms with E-state index >= 15 is 0 Å². The van der Waals surface area contributed by atoms with Crippen LogP contribution in [0.15, 0.2) is 0 Å². The molecule has 0 aromatic carbocycles. The van der Waals surface area contributed by atoms with E-state index in [1.54, 1.807) is 0 Å². The van der Waals surface area contributed by atoms with Crippen LogP contribution < -0.4 is 5.32 Å². The van der Waals surface area contributed by atoms with Crippen molar-refractivity contribution in [1.29, 1.82) is 0 Å². The predicted molar refractivity (Wildman–Crippen MR) is 95.2 cm³/mol. The van der Waals surface area contributed by atoms with Gasteiger partial charge in [0.15, 0.2) is 0 Å². The first-order chi connectivity index (χ1) is 10.8. The normalized spacial score (nSPS) is 41.2. The van der Waals surface area contributed by atoms with Crippen molar-refractivity contribution in [2.45, 2.75) is 97.4 Å². The smallest absolute Gasteiger partial charge is 0.150 e. The van der Waals surface area contributed by atoms with Crippen molar-refractivity contribution >= 4 is 5.78 Å². The van der Waals surface area contributed by atoms with Crippen LogP contribution in [0.2, 0.25) is 0 Å². The van der Waals surface area contributed by atoms with Crippen LogP contribution >= 0.6 is 0 Å². The highest BCUT2D eigenvalue weighted by Gasteiger charge is 2.61. The molecule has 0 aromatic rings. The van der Waals surface area contributed by atoms with Gasteiger partial charge in [0.25, 0.3) is 0 Å². The van der Waals surface area contributed by atoms with Gasteiger partial charge < -0.3 is 0 Å². The Balaban J connectivity index is 2.02. The minimum absolute atomic E-state index is 0.0303. The van der Waals surface area contributed by atoms with Crippen LogP contribution in [0.1, 0.15) is 73.6 Å². The van der Waals surface area contributed by atoms with E-state index in [1.165, 1.54) is 25.7 Å². The summed E-state index contributed by atoms with van der Waals surface area (Å²) in [5.41, 5.74) is 0.0303. The molecule has 2 saturated heterocycles. The van der Waals surface area contributed by atoms with Gasteiger partial charge in [0.1, 0.15) is 5.78 Å². The molecule has 132 valence electrons. The predicted octanol–water partition coefficient (Wildman–Crippen LogP) is 3.82. The van der Waals surface area contributed by atoms with Crippen molar-refractivity contribution in [3.8, 4) is 0 Å². The van der Waals surface area contributed by atoms with Crippen LogP contribution in [-0.2, 0) is 4.79 Å². The third-order valence-corrected chi connectivity index (χ3v) is 6.69. The van der Waals surface area contributed by atoms with Crippen molar-refractivity contribution in [2.24, 2.45) is 23.7 Å². The number of nitrogens with one attached hydrogen (secondary N) is 1. The Kier molecular flexibility index (Phi) is 4.65. The number of carbonyl (C=O) groups is 1. The number of carbonyl (C=O) groups excluding carboxylic acids is 1. The number of nitrogens with zero attached hydrogens (tertiary/aromatic N) is 1. The Morgan fingerprint density at radius 1 is 1.22 bits per heavy atom. The van der Waals surface area contributed by atoms with Gasteiger partial charge >= 0.3 is 0 Å². The maximum absolute atomic E-state index is 12.9. The molecule has 0 bridgehead atoms. The molecule has 0 aromatic heterocycles. The highest BCUT2D eigenvalue weighted by molar-refractivity contribution is 5.84. The quantitative estimate of drug-likeness (QED) is 0.858. The molecule has 1 N–H and O–H groups in total. The summed E-state index contributed by atoms with van der Waals surface area (Å²) in [4.78, 5) is 15.5. The summed E-state index contributed by atoms with van der Waals surface area (Å²) in [5, 5.41) is 3.98. The zero-order chi connectivity index (χ0) is 16.9. The minimum atomic E-state index is 0.0303. The molecule has 6 atom stereocenters. The standard InChI is InChI=1S/C20H36N2O/c1-7-15(23)18-16(12(2)3)17-13-10-8-9-11-14(13)21-19(17)22(18)20(4,5)6/h12-14,16-19,21H,7-11H2,1-6H3.